The van der Waals surface area contributed by atoms with Crippen LogP contribution in [-0.2, 0) is 11.2 Å². The van der Waals surface area contributed by atoms with Crippen LogP contribution in [0.1, 0.15) is 35.9 Å². The molecule has 0 atom stereocenters. The molecule has 4 rings (SSSR count). The second kappa shape index (κ2) is 7.76. The van der Waals surface area contributed by atoms with Gasteiger partial charge in [-0.25, -0.2) is 4.98 Å². The van der Waals surface area contributed by atoms with Crippen LogP contribution in [-0.4, -0.2) is 27.7 Å². The highest BCUT2D eigenvalue weighted by molar-refractivity contribution is 5.91. The number of carbonyl (C=O) groups is 1. The number of phenols is 1. The first-order valence-corrected chi connectivity index (χ1v) is 9.36. The largest absolute Gasteiger partial charge is 0.508 e. The fourth-order valence-electron chi connectivity index (χ4n) is 3.63. The zero-order valence-electron chi connectivity index (χ0n) is 15.7. The van der Waals surface area contributed by atoms with Crippen molar-refractivity contribution in [1.29, 1.82) is 0 Å². The smallest absolute Gasteiger partial charge is 0.229 e. The van der Waals surface area contributed by atoms with Gasteiger partial charge in [0.25, 0.3) is 0 Å². The quantitative estimate of drug-likeness (QED) is 0.683. The third-order valence-electron chi connectivity index (χ3n) is 5.30. The molecule has 6 heteroatoms. The molecule has 0 radical (unpaired) electrons. The number of rotatable bonds is 6. The highest BCUT2D eigenvalue weighted by Crippen LogP contribution is 2.47. The van der Waals surface area contributed by atoms with Gasteiger partial charge in [-0.05, 0) is 48.1 Å². The Bertz CT molecular complexity index is 959. The summed E-state index contributed by atoms with van der Waals surface area (Å²) in [6.07, 6.45) is 5.82. The monoisotopic (exact) mass is 377 g/mol. The SMILES string of the molecule is COc1ccc(CC(=O)Nc2cn(C3CC(c4ccccc4O)C3)cn2)cc1. The number of nitrogens with one attached hydrogen (secondary N) is 1. The van der Waals surface area contributed by atoms with Crippen LogP contribution >= 0.6 is 0 Å². The average molecular weight is 377 g/mol. The zero-order valence-corrected chi connectivity index (χ0v) is 15.7. The molecule has 1 aliphatic rings. The van der Waals surface area contributed by atoms with E-state index in [4.69, 9.17) is 4.74 Å². The Morgan fingerprint density at radius 1 is 1.21 bits per heavy atom. The van der Waals surface area contributed by atoms with Crippen molar-refractivity contribution in [1.82, 2.24) is 9.55 Å². The summed E-state index contributed by atoms with van der Waals surface area (Å²) in [5.74, 6) is 1.95. The van der Waals surface area contributed by atoms with Gasteiger partial charge in [0.05, 0.1) is 19.9 Å². The van der Waals surface area contributed by atoms with Crippen LogP contribution in [0.4, 0.5) is 5.82 Å². The molecule has 1 aromatic heterocycles. The maximum atomic E-state index is 12.3. The third-order valence-corrected chi connectivity index (χ3v) is 5.30. The third kappa shape index (κ3) is 3.86. The molecule has 0 bridgehead atoms. The first-order valence-electron chi connectivity index (χ1n) is 9.36. The Hall–Kier alpha value is -3.28. The standard InChI is InChI=1S/C22H23N3O3/c1-28-18-8-6-15(7-9-18)10-22(27)24-21-13-25(14-23-21)17-11-16(12-17)19-4-2-3-5-20(19)26/h2-9,13-14,16-17,26H,10-12H2,1H3,(H,24,27). The van der Waals surface area contributed by atoms with Crippen molar-refractivity contribution in [3.63, 3.8) is 0 Å². The van der Waals surface area contributed by atoms with E-state index in [-0.39, 0.29) is 12.3 Å². The predicted molar refractivity (Wildman–Crippen MR) is 107 cm³/mol. The number of ether oxygens (including phenoxy) is 1. The molecule has 0 saturated heterocycles. The maximum Gasteiger partial charge on any atom is 0.229 e. The van der Waals surface area contributed by atoms with Crippen LogP contribution in [0, 0.1) is 0 Å². The zero-order chi connectivity index (χ0) is 19.5. The molecule has 3 aromatic rings. The lowest BCUT2D eigenvalue weighted by Gasteiger charge is -2.36. The summed E-state index contributed by atoms with van der Waals surface area (Å²) in [7, 11) is 1.62. The Morgan fingerprint density at radius 3 is 2.68 bits per heavy atom. The second-order valence-electron chi connectivity index (χ2n) is 7.16. The first-order chi connectivity index (χ1) is 13.6. The number of phenolic OH excluding ortho intramolecular Hbond substituents is 1. The summed E-state index contributed by atoms with van der Waals surface area (Å²) in [4.78, 5) is 16.6. The number of benzene rings is 2. The molecule has 1 heterocycles. The second-order valence-corrected chi connectivity index (χ2v) is 7.16. The molecule has 1 aliphatic carbocycles. The molecule has 6 nitrogen and oxygen atoms in total. The summed E-state index contributed by atoms with van der Waals surface area (Å²) in [6, 6.07) is 15.3. The van der Waals surface area contributed by atoms with Crippen molar-refractivity contribution < 1.29 is 14.6 Å². The van der Waals surface area contributed by atoms with Crippen LogP contribution in [0.2, 0.25) is 0 Å². The Balaban J connectivity index is 1.31. The number of hydrogen-bond acceptors (Lipinski definition) is 4. The van der Waals surface area contributed by atoms with Crippen molar-refractivity contribution in [3.05, 3.63) is 72.2 Å². The van der Waals surface area contributed by atoms with E-state index in [1.807, 2.05) is 53.2 Å². The lowest BCUT2D eigenvalue weighted by molar-refractivity contribution is -0.115. The lowest BCUT2D eigenvalue weighted by atomic mass is 9.75. The molecule has 1 fully saturated rings. The predicted octanol–water partition coefficient (Wildman–Crippen LogP) is 3.90. The van der Waals surface area contributed by atoms with Gasteiger partial charge < -0.3 is 19.7 Å². The number of aromatic hydroxyl groups is 1. The van der Waals surface area contributed by atoms with Crippen LogP contribution in [0.25, 0.3) is 0 Å². The van der Waals surface area contributed by atoms with E-state index in [1.54, 1.807) is 19.5 Å². The molecule has 0 spiro atoms. The molecule has 2 N–H and O–H groups in total. The topological polar surface area (TPSA) is 76.4 Å². The molecule has 1 amide bonds. The minimum Gasteiger partial charge on any atom is -0.508 e. The van der Waals surface area contributed by atoms with E-state index in [9.17, 15) is 9.90 Å². The van der Waals surface area contributed by atoms with Crippen molar-refractivity contribution in [3.8, 4) is 11.5 Å². The van der Waals surface area contributed by atoms with Gasteiger partial charge in [0, 0.05) is 12.2 Å². The highest BCUT2D eigenvalue weighted by atomic mass is 16.5. The van der Waals surface area contributed by atoms with Gasteiger partial charge in [0.2, 0.25) is 5.91 Å². The number of methoxy groups -OCH3 is 1. The normalized spacial score (nSPS) is 18.3. The number of nitrogens with zero attached hydrogens (tertiary/aromatic N) is 2. The molecule has 0 aliphatic heterocycles. The molecular formula is C22H23N3O3. The molecule has 144 valence electrons. The number of imidazole rings is 1. The Labute approximate surface area is 163 Å². The lowest BCUT2D eigenvalue weighted by Crippen LogP contribution is -2.24. The van der Waals surface area contributed by atoms with Crippen molar-refractivity contribution in [2.24, 2.45) is 0 Å². The fourth-order valence-corrected chi connectivity index (χ4v) is 3.63. The summed E-state index contributed by atoms with van der Waals surface area (Å²) in [6.45, 7) is 0. The number of anilines is 1. The van der Waals surface area contributed by atoms with E-state index < -0.39 is 0 Å². The van der Waals surface area contributed by atoms with Gasteiger partial charge in [-0.3, -0.25) is 4.79 Å². The molecule has 1 saturated carbocycles. The number of amides is 1. The molecule has 28 heavy (non-hydrogen) atoms. The van der Waals surface area contributed by atoms with Crippen LogP contribution in [0.5, 0.6) is 11.5 Å². The number of hydrogen-bond donors (Lipinski definition) is 2. The number of para-hydroxylation sites is 1. The van der Waals surface area contributed by atoms with Gasteiger partial charge in [-0.2, -0.15) is 0 Å². The number of aromatic nitrogens is 2. The van der Waals surface area contributed by atoms with Gasteiger partial charge >= 0.3 is 0 Å². The highest BCUT2D eigenvalue weighted by Gasteiger charge is 2.33. The molecule has 2 aromatic carbocycles. The average Bonchev–Trinajstić information content (AvgIpc) is 3.10. The minimum absolute atomic E-state index is 0.101. The first kappa shape index (κ1) is 18.1. The fraction of sp³-hybridized carbons (Fsp3) is 0.273. The van der Waals surface area contributed by atoms with Crippen molar-refractivity contribution in [2.75, 3.05) is 12.4 Å². The van der Waals surface area contributed by atoms with Crippen LogP contribution in [0.15, 0.2) is 61.1 Å². The molecular weight excluding hydrogens is 354 g/mol. The van der Waals surface area contributed by atoms with E-state index in [0.717, 1.165) is 29.7 Å². The van der Waals surface area contributed by atoms with E-state index in [2.05, 4.69) is 10.3 Å². The van der Waals surface area contributed by atoms with Gasteiger partial charge in [0.1, 0.15) is 11.5 Å². The Morgan fingerprint density at radius 2 is 1.96 bits per heavy atom. The van der Waals surface area contributed by atoms with E-state index >= 15 is 0 Å². The van der Waals surface area contributed by atoms with E-state index in [0.29, 0.717) is 23.5 Å². The molecule has 0 unspecified atom stereocenters. The van der Waals surface area contributed by atoms with Crippen molar-refractivity contribution in [2.45, 2.75) is 31.2 Å². The van der Waals surface area contributed by atoms with Crippen LogP contribution < -0.4 is 10.1 Å². The van der Waals surface area contributed by atoms with Crippen LogP contribution in [0.3, 0.4) is 0 Å². The summed E-state index contributed by atoms with van der Waals surface area (Å²) >= 11 is 0. The maximum absolute atomic E-state index is 12.3. The summed E-state index contributed by atoms with van der Waals surface area (Å²) in [5.41, 5.74) is 1.93. The van der Waals surface area contributed by atoms with Gasteiger partial charge in [0.15, 0.2) is 5.82 Å². The Kier molecular flexibility index (Phi) is 5.02. The van der Waals surface area contributed by atoms with Crippen molar-refractivity contribution >= 4 is 11.7 Å². The summed E-state index contributed by atoms with van der Waals surface area (Å²) in [5, 5.41) is 12.8. The van der Waals surface area contributed by atoms with E-state index in [1.165, 1.54) is 0 Å². The minimum atomic E-state index is -0.101. The van der Waals surface area contributed by atoms with Gasteiger partial charge in [-0.15, -0.1) is 0 Å². The van der Waals surface area contributed by atoms with Gasteiger partial charge in [-0.1, -0.05) is 30.3 Å². The summed E-state index contributed by atoms with van der Waals surface area (Å²) < 4.78 is 7.17. The number of carbonyl (C=O) groups excluding carboxylic acids is 1.